The zero-order valence-corrected chi connectivity index (χ0v) is 52.0. The standard InChI is InChI=1S/C66H87F2N7O15/c1-6-12-58-89-54-37-46-47-36-49(67)48-35-45(76)22-24-63(48,4)65(47,68)52(77)38-64(46,5)66(54,90-58)53(78)39-72-60(82)50(16-11-25-71-62(69)84)73-61(83)59(41(2)3)74-56(80)23-27-85-29-31-87-33-34-88-32-30-86-28-26-70-55(79)20-21-57(81)75-40-44-15-8-7-13-42(44)18-19-43-14-9-10-17-51(43)75/h7-10,13-15,17,22,24,35,41,46-47,49-50,52,54,58-59,77H,6,11-12,16,20-21,23,25-34,36-40H2,1-5H3,(H,70,79)(H,72,82)(H,73,83)(H,74,80)(H3,69,71,84)/t46-,47-,49-,50-,52-,54+,58?,59-,63-,64-,65-,66?/m0/s1. The summed E-state index contributed by atoms with van der Waals surface area (Å²) in [5, 5.41) is 25.4. The summed E-state index contributed by atoms with van der Waals surface area (Å²) in [5.41, 5.74) is 1.30. The van der Waals surface area contributed by atoms with Crippen molar-refractivity contribution in [1.29, 1.82) is 0 Å². The van der Waals surface area contributed by atoms with Gasteiger partial charge >= 0.3 is 6.03 Å². The molecule has 2 aromatic rings. The molecule has 8 rings (SSSR count). The van der Waals surface area contributed by atoms with Gasteiger partial charge in [-0.25, -0.2) is 13.6 Å². The molecule has 1 saturated heterocycles. The summed E-state index contributed by atoms with van der Waals surface area (Å²) in [7, 11) is 0. The molecule has 4 aliphatic carbocycles. The van der Waals surface area contributed by atoms with Crippen LogP contribution in [0.5, 0.6) is 0 Å². The van der Waals surface area contributed by atoms with Crippen molar-refractivity contribution in [2.75, 3.05) is 77.4 Å². The smallest absolute Gasteiger partial charge is 0.312 e. The first-order valence-corrected chi connectivity index (χ1v) is 31.4. The normalized spacial score (nSPS) is 27.5. The van der Waals surface area contributed by atoms with Crippen molar-refractivity contribution < 1.29 is 80.7 Å². The maximum atomic E-state index is 18.0. The van der Waals surface area contributed by atoms with Crippen LogP contribution >= 0.6 is 0 Å². The number of aliphatic hydroxyl groups is 1. The molecule has 490 valence electrons. The summed E-state index contributed by atoms with van der Waals surface area (Å²) in [6.45, 7) is 10.4. The molecule has 2 aromatic carbocycles. The van der Waals surface area contributed by atoms with Crippen LogP contribution < -0.4 is 37.2 Å². The first-order chi connectivity index (χ1) is 43.1. The van der Waals surface area contributed by atoms with Gasteiger partial charge in [-0.2, -0.15) is 0 Å². The number of benzene rings is 2. The van der Waals surface area contributed by atoms with Crippen molar-refractivity contribution in [1.82, 2.24) is 26.6 Å². The summed E-state index contributed by atoms with van der Waals surface area (Å²) in [6.07, 6.45) is -0.970. The Morgan fingerprint density at radius 3 is 2.17 bits per heavy atom. The number of carbonyl (C=O) groups is 8. The first kappa shape index (κ1) is 68.9. The molecule has 0 aromatic heterocycles. The van der Waals surface area contributed by atoms with E-state index in [2.05, 4.69) is 38.4 Å². The van der Waals surface area contributed by atoms with Crippen LogP contribution in [-0.4, -0.2) is 173 Å². The molecule has 24 heteroatoms. The van der Waals surface area contributed by atoms with Crippen LogP contribution in [0.1, 0.15) is 116 Å². The predicted octanol–water partition coefficient (Wildman–Crippen LogP) is 4.25. The monoisotopic (exact) mass is 1260 g/mol. The van der Waals surface area contributed by atoms with E-state index in [4.69, 9.17) is 34.2 Å². The van der Waals surface area contributed by atoms with Crippen molar-refractivity contribution in [3.05, 3.63) is 89.0 Å². The van der Waals surface area contributed by atoms with Gasteiger partial charge in [-0.1, -0.05) is 82.4 Å². The molecule has 3 saturated carbocycles. The Balaban J connectivity index is 0.726. The third kappa shape index (κ3) is 15.3. The van der Waals surface area contributed by atoms with Gasteiger partial charge in [0.25, 0.3) is 0 Å². The van der Waals surface area contributed by atoms with Crippen LogP contribution in [0.4, 0.5) is 19.3 Å². The van der Waals surface area contributed by atoms with Crippen LogP contribution in [0.15, 0.2) is 72.3 Å². The lowest BCUT2D eigenvalue weighted by Gasteiger charge is -2.63. The lowest BCUT2D eigenvalue weighted by Crippen LogP contribution is -2.71. The highest BCUT2D eigenvalue weighted by molar-refractivity contribution is 6.02. The van der Waals surface area contributed by atoms with Gasteiger partial charge in [0.2, 0.25) is 29.5 Å². The number of rotatable bonds is 32. The van der Waals surface area contributed by atoms with Crippen LogP contribution in [0.25, 0.3) is 0 Å². The SMILES string of the molecule is CCCC1O[C@@H]2C[C@H]3[C@@H]4C[C@H](F)C5=CC(=O)C=C[C@]5(C)[C@@]4(F)[C@@H](O)C[C@]3(C)C2(C(=O)CNC(=O)[C@H](CCCNC(N)=O)NC(=O)[C@@H](NC(=O)CCOCCOCCOCCOCCNC(=O)CCC(=O)N2Cc3ccccc3C#Cc3ccccc32)C(C)C)O1. The van der Waals surface area contributed by atoms with E-state index in [0.29, 0.717) is 31.7 Å². The van der Waals surface area contributed by atoms with E-state index < -0.39 is 118 Å². The Bertz CT molecular complexity index is 3080. The number of carbonyl (C=O) groups excluding carboxylic acids is 8. The number of para-hydroxylation sites is 1. The van der Waals surface area contributed by atoms with E-state index >= 15 is 8.78 Å². The average Bonchev–Trinajstić information content (AvgIpc) is 1.39. The Labute approximate surface area is 524 Å². The summed E-state index contributed by atoms with van der Waals surface area (Å²) >= 11 is 0. The molecule has 7 amide bonds. The van der Waals surface area contributed by atoms with Gasteiger partial charge in [-0.3, -0.25) is 33.6 Å². The fourth-order valence-electron chi connectivity index (χ4n) is 14.0. The van der Waals surface area contributed by atoms with Crippen molar-refractivity contribution in [2.45, 2.75) is 153 Å². The number of anilines is 1. The van der Waals surface area contributed by atoms with Gasteiger partial charge in [0.1, 0.15) is 18.3 Å². The lowest BCUT2D eigenvalue weighted by molar-refractivity contribution is -0.234. The van der Waals surface area contributed by atoms with E-state index in [-0.39, 0.29) is 128 Å². The van der Waals surface area contributed by atoms with Crippen LogP contribution in [-0.2, 0) is 68.5 Å². The number of hydrogen-bond acceptors (Lipinski definition) is 15. The van der Waals surface area contributed by atoms with E-state index in [1.54, 1.807) is 25.7 Å². The second kappa shape index (κ2) is 30.9. The topological polar surface area (TPSA) is 302 Å². The molecule has 2 heterocycles. The second-order valence-corrected chi connectivity index (χ2v) is 24.7. The number of primary amides is 1. The van der Waals surface area contributed by atoms with Crippen LogP contribution in [0.2, 0.25) is 0 Å². The molecule has 8 N–H and O–H groups in total. The number of aliphatic hydroxyl groups excluding tert-OH is 1. The number of hydrogen-bond donors (Lipinski definition) is 7. The third-order valence-corrected chi connectivity index (χ3v) is 18.5. The highest BCUT2D eigenvalue weighted by atomic mass is 19.1. The van der Waals surface area contributed by atoms with Crippen molar-refractivity contribution >= 4 is 52.8 Å². The van der Waals surface area contributed by atoms with Crippen molar-refractivity contribution in [3.63, 3.8) is 0 Å². The van der Waals surface area contributed by atoms with Crippen LogP contribution in [0, 0.1) is 40.4 Å². The Morgan fingerprint density at radius 2 is 1.47 bits per heavy atom. The molecule has 0 spiro atoms. The third-order valence-electron chi connectivity index (χ3n) is 18.5. The van der Waals surface area contributed by atoms with Crippen molar-refractivity contribution in [2.24, 2.45) is 34.3 Å². The summed E-state index contributed by atoms with van der Waals surface area (Å²) in [4.78, 5) is 108. The molecule has 4 fully saturated rings. The minimum absolute atomic E-state index is 0.0109. The van der Waals surface area contributed by atoms with Crippen LogP contribution in [0.3, 0.4) is 0 Å². The number of halogens is 2. The summed E-state index contributed by atoms with van der Waals surface area (Å²) < 4.78 is 69.6. The maximum absolute atomic E-state index is 18.0. The highest BCUT2D eigenvalue weighted by Gasteiger charge is 2.80. The summed E-state index contributed by atoms with van der Waals surface area (Å²) in [6, 6.07) is 12.0. The Morgan fingerprint density at radius 1 is 0.800 bits per heavy atom. The number of nitrogens with two attached hydrogens (primary N) is 1. The highest BCUT2D eigenvalue weighted by Crippen LogP contribution is 2.72. The number of ketones is 2. The molecule has 0 radical (unpaired) electrons. The van der Waals surface area contributed by atoms with Gasteiger partial charge < -0.3 is 70.7 Å². The van der Waals surface area contributed by atoms with E-state index in [0.717, 1.165) is 22.8 Å². The number of amides is 7. The molecule has 0 bridgehead atoms. The number of nitrogens with one attached hydrogen (secondary N) is 5. The molecule has 2 unspecified atom stereocenters. The molecule has 2 aliphatic heterocycles. The molecule has 22 nitrogen and oxygen atoms in total. The number of fused-ring (bicyclic) bond motifs is 9. The van der Waals surface area contributed by atoms with Gasteiger partial charge in [0.15, 0.2) is 29.1 Å². The van der Waals surface area contributed by atoms with E-state index in [1.807, 2.05) is 55.5 Å². The Hall–Kier alpha value is -6.98. The number of ether oxygens (including phenoxy) is 6. The molecule has 6 aliphatic rings. The molecular weight excluding hydrogens is 1170 g/mol. The fourth-order valence-corrected chi connectivity index (χ4v) is 14.0. The van der Waals surface area contributed by atoms with Gasteiger partial charge in [-0.05, 0) is 98.8 Å². The minimum Gasteiger partial charge on any atom is -0.390 e. The fraction of sp³-hybridized carbons (Fsp3) is 0.606. The van der Waals surface area contributed by atoms with E-state index in [1.165, 1.54) is 19.1 Å². The average molecular weight is 1260 g/mol. The molecule has 12 atom stereocenters. The number of allylic oxidation sites excluding steroid dienone is 4. The van der Waals surface area contributed by atoms with Gasteiger partial charge in [0.05, 0.1) is 83.8 Å². The van der Waals surface area contributed by atoms with Gasteiger partial charge in [-0.15, -0.1) is 0 Å². The summed E-state index contributed by atoms with van der Waals surface area (Å²) in [5.74, 6) is 0.589. The minimum atomic E-state index is -2.41. The first-order valence-electron chi connectivity index (χ1n) is 31.4. The zero-order valence-electron chi connectivity index (χ0n) is 52.0. The second-order valence-electron chi connectivity index (χ2n) is 24.7. The quantitative estimate of drug-likeness (QED) is 0.0398. The zero-order chi connectivity index (χ0) is 64.8. The largest absolute Gasteiger partial charge is 0.390 e. The van der Waals surface area contributed by atoms with Gasteiger partial charge in [0, 0.05) is 60.2 Å². The molecular formula is C66H87F2N7O15. The van der Waals surface area contributed by atoms with Crippen molar-refractivity contribution in [3.8, 4) is 11.8 Å². The predicted molar refractivity (Wildman–Crippen MR) is 325 cm³/mol. The molecule has 90 heavy (non-hydrogen) atoms. The number of urea groups is 1. The lowest BCUT2D eigenvalue weighted by atomic mass is 9.44. The van der Waals surface area contributed by atoms with E-state index in [9.17, 15) is 43.5 Å². The number of alkyl halides is 2. The number of Topliss-reactive ketones (excluding diaryl/α,β-unsaturated/α-hetero) is 1. The maximum Gasteiger partial charge on any atom is 0.312 e. The number of nitrogens with zero attached hydrogens (tertiary/aromatic N) is 1. The Kier molecular flexibility index (Phi) is 23.7.